The number of esters is 2. The fraction of sp³-hybridized carbons (Fsp3) is 0.750. The van der Waals surface area contributed by atoms with Crippen LogP contribution in [0.2, 0.25) is 0 Å². The summed E-state index contributed by atoms with van der Waals surface area (Å²) in [7, 11) is 1.28. The molecular weight excluding hydrogens is 797 g/mol. The molecule has 0 aliphatic heterocycles. The fourth-order valence-electron chi connectivity index (χ4n) is 6.12. The smallest absolute Gasteiger partial charge is 0.462 e. The number of phosphoric acid groups is 1. The van der Waals surface area contributed by atoms with Crippen LogP contribution in [0.3, 0.4) is 0 Å². The van der Waals surface area contributed by atoms with E-state index in [0.29, 0.717) is 23.9 Å². The van der Waals surface area contributed by atoms with E-state index in [9.17, 15) is 34.4 Å². The molecule has 0 rings (SSSR count). The van der Waals surface area contributed by atoms with Crippen molar-refractivity contribution in [3.05, 3.63) is 60.8 Å². The Hall–Kier alpha value is -2.41. The molecule has 354 valence electrons. The average Bonchev–Trinajstić information content (AvgIpc) is 3.20. The number of aliphatic hydroxyl groups excluding tert-OH is 3. The van der Waals surface area contributed by atoms with Crippen molar-refractivity contribution in [2.75, 3.05) is 47.5 Å². The highest BCUT2D eigenvalue weighted by atomic mass is 31.2. The molecule has 0 spiro atoms. The molecule has 0 saturated carbocycles. The zero-order valence-corrected chi connectivity index (χ0v) is 39.6. The summed E-state index contributed by atoms with van der Waals surface area (Å²) in [5.41, 5.74) is 0. The number of likely N-dealkylation sites (N-methyl/N-ethyl adjacent to an activating group) is 1. The second-order valence-electron chi connectivity index (χ2n) is 17.0. The SMILES string of the molecule is CC/C=C\C[C@@H](O)/C=C/C=C/C=C\C=C/[C@H](O)[C@@H](O)CCCC(=O)OC[C@H](COP(=O)(O)OCC[N+](C)(C)C)OC(=O)CCCCCCCCCCCCCCCCCCC. The molecule has 0 amide bonds. The number of carbonyl (C=O) groups is 2. The second-order valence-corrected chi connectivity index (χ2v) is 18.4. The molecule has 0 aliphatic rings. The number of hydrogen-bond acceptors (Lipinski definition) is 10. The number of hydrogen-bond donors (Lipinski definition) is 4. The Balaban J connectivity index is 4.63. The molecule has 0 heterocycles. The Labute approximate surface area is 370 Å². The summed E-state index contributed by atoms with van der Waals surface area (Å²) in [6.45, 7) is 3.84. The van der Waals surface area contributed by atoms with Gasteiger partial charge in [-0.2, -0.15) is 0 Å². The monoisotopic (exact) mass is 885 g/mol. The minimum atomic E-state index is -4.46. The largest absolute Gasteiger partial charge is 0.472 e. The van der Waals surface area contributed by atoms with Gasteiger partial charge in [-0.15, -0.1) is 0 Å². The lowest BCUT2D eigenvalue weighted by atomic mass is 10.0. The Kier molecular flexibility index (Phi) is 37.7. The molecule has 0 radical (unpaired) electrons. The van der Waals surface area contributed by atoms with Crippen molar-refractivity contribution in [2.24, 2.45) is 0 Å². The highest BCUT2D eigenvalue weighted by molar-refractivity contribution is 7.47. The van der Waals surface area contributed by atoms with E-state index in [-0.39, 0.29) is 38.9 Å². The molecule has 13 heteroatoms. The highest BCUT2D eigenvalue weighted by Gasteiger charge is 2.27. The maximum atomic E-state index is 12.7. The molecule has 0 fully saturated rings. The van der Waals surface area contributed by atoms with Crippen molar-refractivity contribution in [3.63, 3.8) is 0 Å². The first kappa shape index (κ1) is 58.6. The summed E-state index contributed by atoms with van der Waals surface area (Å²) in [6.07, 6.45) is 36.4. The van der Waals surface area contributed by atoms with Gasteiger partial charge in [-0.05, 0) is 32.1 Å². The molecule has 0 bridgehead atoms. The van der Waals surface area contributed by atoms with Gasteiger partial charge in [0.25, 0.3) is 0 Å². The maximum absolute atomic E-state index is 12.7. The van der Waals surface area contributed by atoms with E-state index < -0.39 is 50.8 Å². The number of ether oxygens (including phenoxy) is 2. The van der Waals surface area contributed by atoms with E-state index in [2.05, 4.69) is 6.92 Å². The first-order chi connectivity index (χ1) is 29.2. The summed E-state index contributed by atoms with van der Waals surface area (Å²) in [5, 5.41) is 30.5. The lowest BCUT2D eigenvalue weighted by molar-refractivity contribution is -0.870. The van der Waals surface area contributed by atoms with E-state index in [0.717, 1.165) is 25.7 Å². The summed E-state index contributed by atoms with van der Waals surface area (Å²) in [4.78, 5) is 35.5. The van der Waals surface area contributed by atoms with Gasteiger partial charge in [0.1, 0.15) is 19.8 Å². The second kappa shape index (κ2) is 39.2. The van der Waals surface area contributed by atoms with Crippen molar-refractivity contribution in [3.8, 4) is 0 Å². The summed E-state index contributed by atoms with van der Waals surface area (Å²) < 4.78 is 34.1. The number of allylic oxidation sites excluding steroid dienone is 7. The Morgan fingerprint density at radius 2 is 1.13 bits per heavy atom. The third kappa shape index (κ3) is 41.4. The van der Waals surface area contributed by atoms with Crippen LogP contribution in [0.25, 0.3) is 0 Å². The first-order valence-corrected chi connectivity index (χ1v) is 24.8. The quantitative estimate of drug-likeness (QED) is 0.0115. The molecule has 0 saturated heterocycles. The molecule has 61 heavy (non-hydrogen) atoms. The van der Waals surface area contributed by atoms with Gasteiger partial charge < -0.3 is 34.2 Å². The van der Waals surface area contributed by atoms with Crippen LogP contribution in [0.1, 0.15) is 162 Å². The minimum absolute atomic E-state index is 0.0253. The van der Waals surface area contributed by atoms with Gasteiger partial charge in [-0.3, -0.25) is 18.6 Å². The molecule has 1 unspecified atom stereocenters. The molecule has 5 atom stereocenters. The molecule has 0 aromatic carbocycles. The predicted molar refractivity (Wildman–Crippen MR) is 247 cm³/mol. The number of nitrogens with zero attached hydrogens (tertiary/aromatic N) is 1. The predicted octanol–water partition coefficient (Wildman–Crippen LogP) is 10.2. The van der Waals surface area contributed by atoms with Gasteiger partial charge in [0.2, 0.25) is 0 Å². The number of carbonyl (C=O) groups excluding carboxylic acids is 2. The molecule has 0 aromatic heterocycles. The van der Waals surface area contributed by atoms with Crippen LogP contribution in [0.4, 0.5) is 0 Å². The van der Waals surface area contributed by atoms with Crippen LogP contribution in [0.5, 0.6) is 0 Å². The van der Waals surface area contributed by atoms with Crippen LogP contribution >= 0.6 is 7.82 Å². The van der Waals surface area contributed by atoms with Crippen LogP contribution < -0.4 is 0 Å². The fourth-order valence-corrected chi connectivity index (χ4v) is 6.86. The zero-order valence-electron chi connectivity index (χ0n) is 38.7. The number of unbranched alkanes of at least 4 members (excludes halogenated alkanes) is 16. The summed E-state index contributed by atoms with van der Waals surface area (Å²) in [6, 6.07) is 0. The maximum Gasteiger partial charge on any atom is 0.472 e. The summed E-state index contributed by atoms with van der Waals surface area (Å²) >= 11 is 0. The normalized spacial score (nSPS) is 15.6. The lowest BCUT2D eigenvalue weighted by Crippen LogP contribution is -2.37. The minimum Gasteiger partial charge on any atom is -0.462 e. The average molecular weight is 885 g/mol. The van der Waals surface area contributed by atoms with Gasteiger partial charge in [0.15, 0.2) is 6.10 Å². The van der Waals surface area contributed by atoms with Crippen molar-refractivity contribution in [1.29, 1.82) is 0 Å². The zero-order chi connectivity index (χ0) is 45.5. The number of phosphoric ester groups is 1. The molecule has 4 N–H and O–H groups in total. The Morgan fingerprint density at radius 3 is 1.67 bits per heavy atom. The Bertz CT molecular complexity index is 1280. The van der Waals surface area contributed by atoms with E-state index >= 15 is 0 Å². The number of rotatable bonds is 41. The van der Waals surface area contributed by atoms with Gasteiger partial charge in [0, 0.05) is 12.8 Å². The van der Waals surface area contributed by atoms with Crippen LogP contribution in [-0.4, -0.2) is 109 Å². The van der Waals surface area contributed by atoms with Crippen molar-refractivity contribution >= 4 is 19.8 Å². The van der Waals surface area contributed by atoms with Crippen LogP contribution in [-0.2, 0) is 32.7 Å². The van der Waals surface area contributed by atoms with Crippen molar-refractivity contribution < 1.29 is 57.4 Å². The number of quaternary nitrogens is 1. The molecule has 12 nitrogen and oxygen atoms in total. The molecular formula is C48H87NO11P+. The molecule has 0 aliphatic carbocycles. The third-order valence-corrected chi connectivity index (χ3v) is 10.9. The summed E-state index contributed by atoms with van der Waals surface area (Å²) in [5.74, 6) is -1.13. The topological polar surface area (TPSA) is 169 Å². The van der Waals surface area contributed by atoms with E-state index in [4.69, 9.17) is 18.5 Å². The third-order valence-electron chi connectivity index (χ3n) is 9.90. The van der Waals surface area contributed by atoms with Gasteiger partial charge >= 0.3 is 19.8 Å². The van der Waals surface area contributed by atoms with E-state index in [1.54, 1.807) is 42.5 Å². The van der Waals surface area contributed by atoms with E-state index in [1.165, 1.54) is 89.5 Å². The molecule has 0 aromatic rings. The van der Waals surface area contributed by atoms with Crippen LogP contribution in [0.15, 0.2) is 60.8 Å². The van der Waals surface area contributed by atoms with Gasteiger partial charge in [-0.25, -0.2) is 4.57 Å². The first-order valence-electron chi connectivity index (χ1n) is 23.3. The van der Waals surface area contributed by atoms with Crippen molar-refractivity contribution in [2.45, 2.75) is 186 Å². The number of aliphatic hydroxyl groups is 3. The Morgan fingerprint density at radius 1 is 0.623 bits per heavy atom. The van der Waals surface area contributed by atoms with Gasteiger partial charge in [-0.1, -0.05) is 177 Å². The van der Waals surface area contributed by atoms with Crippen molar-refractivity contribution in [1.82, 2.24) is 0 Å². The lowest BCUT2D eigenvalue weighted by Gasteiger charge is -2.24. The van der Waals surface area contributed by atoms with Gasteiger partial charge in [0.05, 0.1) is 46.1 Å². The highest BCUT2D eigenvalue weighted by Crippen LogP contribution is 2.43. The van der Waals surface area contributed by atoms with E-state index in [1.807, 2.05) is 40.2 Å². The standard InChI is InChI=1S/C48H86NO11P/c1-6-8-10-11-12-13-14-15-16-17-18-19-20-21-22-27-31-37-48(54)60-44(42-59-61(55,56)58-40-39-49(3,4)5)41-57-47(53)38-32-36-46(52)45(51)35-30-26-24-23-25-29-34-43(50)33-28-9-7-2/h9,23-26,28-30,34-35,43-46,50-52H,6-8,10-22,27,31-33,36-42H2,1-5H3/p+1/b25-23+,26-24-,28-9-,34-29+,35-30-/t43-,44-,45+,46+/m1/s1. The van der Waals surface area contributed by atoms with Crippen LogP contribution in [0, 0.1) is 0 Å².